The second kappa shape index (κ2) is 6.03. The molecule has 98 valence electrons. The van der Waals surface area contributed by atoms with Gasteiger partial charge in [0.25, 0.3) is 5.91 Å². The van der Waals surface area contributed by atoms with Gasteiger partial charge in [0.05, 0.1) is 12.8 Å². The standard InChI is InChI=1S/C14H18ClNO2/c1-5-8-11-9-6-7-10-12(11)16(18-4)13(17)14(2,3)15/h5-7,9-10H,1,8H2,2-4H3. The minimum atomic E-state index is -1.02. The van der Waals surface area contributed by atoms with Crippen molar-refractivity contribution in [2.24, 2.45) is 0 Å². The van der Waals surface area contributed by atoms with Crippen LogP contribution in [0.4, 0.5) is 5.69 Å². The number of hydrogen-bond donors (Lipinski definition) is 0. The highest BCUT2D eigenvalue weighted by Gasteiger charge is 2.31. The second-order valence-corrected chi connectivity index (χ2v) is 5.32. The lowest BCUT2D eigenvalue weighted by Crippen LogP contribution is -2.41. The average Bonchev–Trinajstić information content (AvgIpc) is 2.31. The van der Waals surface area contributed by atoms with Crippen molar-refractivity contribution in [3.63, 3.8) is 0 Å². The lowest BCUT2D eigenvalue weighted by atomic mass is 10.1. The molecule has 0 N–H and O–H groups in total. The molecule has 0 bridgehead atoms. The monoisotopic (exact) mass is 267 g/mol. The van der Waals surface area contributed by atoms with Gasteiger partial charge in [0.15, 0.2) is 0 Å². The number of amides is 1. The fourth-order valence-corrected chi connectivity index (χ4v) is 1.65. The maximum atomic E-state index is 12.2. The number of anilines is 1. The van der Waals surface area contributed by atoms with Crippen LogP contribution in [0.5, 0.6) is 0 Å². The summed E-state index contributed by atoms with van der Waals surface area (Å²) in [6.07, 6.45) is 2.44. The van der Waals surface area contributed by atoms with Crippen molar-refractivity contribution in [2.75, 3.05) is 12.2 Å². The number of allylic oxidation sites excluding steroid dienone is 1. The zero-order valence-electron chi connectivity index (χ0n) is 10.9. The number of hydrogen-bond acceptors (Lipinski definition) is 2. The van der Waals surface area contributed by atoms with Crippen molar-refractivity contribution in [1.82, 2.24) is 0 Å². The highest BCUT2D eigenvalue weighted by atomic mass is 35.5. The van der Waals surface area contributed by atoms with E-state index in [4.69, 9.17) is 16.4 Å². The van der Waals surface area contributed by atoms with Crippen molar-refractivity contribution in [1.29, 1.82) is 0 Å². The summed E-state index contributed by atoms with van der Waals surface area (Å²) < 4.78 is 0. The van der Waals surface area contributed by atoms with Crippen molar-refractivity contribution < 1.29 is 9.63 Å². The molecule has 1 aromatic rings. The molecule has 1 rings (SSSR count). The van der Waals surface area contributed by atoms with E-state index in [1.807, 2.05) is 24.3 Å². The van der Waals surface area contributed by atoms with Gasteiger partial charge in [0, 0.05) is 0 Å². The van der Waals surface area contributed by atoms with E-state index in [9.17, 15) is 4.79 Å². The number of para-hydroxylation sites is 1. The molecule has 1 amide bonds. The SMILES string of the molecule is C=CCc1ccccc1N(OC)C(=O)C(C)(C)Cl. The number of carbonyl (C=O) groups is 1. The van der Waals surface area contributed by atoms with Crippen LogP contribution in [-0.2, 0) is 16.1 Å². The first-order chi connectivity index (χ1) is 8.41. The predicted molar refractivity (Wildman–Crippen MR) is 74.8 cm³/mol. The number of halogens is 1. The molecule has 3 nitrogen and oxygen atoms in total. The van der Waals surface area contributed by atoms with Gasteiger partial charge in [-0.3, -0.25) is 9.63 Å². The number of carbonyl (C=O) groups excluding carboxylic acids is 1. The van der Waals surface area contributed by atoms with E-state index in [-0.39, 0.29) is 5.91 Å². The van der Waals surface area contributed by atoms with E-state index in [0.717, 1.165) is 5.56 Å². The summed E-state index contributed by atoms with van der Waals surface area (Å²) in [4.78, 5) is 16.4. The van der Waals surface area contributed by atoms with Gasteiger partial charge in [-0.05, 0) is 31.9 Å². The Kier molecular flexibility index (Phi) is 4.93. The van der Waals surface area contributed by atoms with Gasteiger partial charge in [0.2, 0.25) is 0 Å². The molecule has 0 aliphatic carbocycles. The summed E-state index contributed by atoms with van der Waals surface area (Å²) in [5, 5.41) is 1.23. The molecule has 0 spiro atoms. The highest BCUT2D eigenvalue weighted by molar-refractivity contribution is 6.36. The lowest BCUT2D eigenvalue weighted by molar-refractivity contribution is -0.126. The Morgan fingerprint density at radius 1 is 1.50 bits per heavy atom. The molecule has 0 aliphatic rings. The molecule has 0 saturated heterocycles. The minimum absolute atomic E-state index is 0.303. The molecule has 0 atom stereocenters. The second-order valence-electron chi connectivity index (χ2n) is 4.38. The van der Waals surface area contributed by atoms with Crippen LogP contribution in [0, 0.1) is 0 Å². The minimum Gasteiger partial charge on any atom is -0.270 e. The van der Waals surface area contributed by atoms with Crippen LogP contribution in [0.1, 0.15) is 19.4 Å². The molecule has 0 aliphatic heterocycles. The Bertz CT molecular complexity index is 438. The van der Waals surface area contributed by atoms with Gasteiger partial charge >= 0.3 is 0 Å². The molecule has 18 heavy (non-hydrogen) atoms. The smallest absolute Gasteiger partial charge is 0.270 e. The zero-order valence-corrected chi connectivity index (χ0v) is 11.7. The van der Waals surface area contributed by atoms with E-state index < -0.39 is 4.87 Å². The third-order valence-corrected chi connectivity index (χ3v) is 2.61. The topological polar surface area (TPSA) is 29.5 Å². The van der Waals surface area contributed by atoms with Crippen LogP contribution in [0.25, 0.3) is 0 Å². The zero-order chi connectivity index (χ0) is 13.8. The number of benzene rings is 1. The molecular weight excluding hydrogens is 250 g/mol. The molecule has 4 heteroatoms. The first-order valence-corrected chi connectivity index (χ1v) is 6.06. The Morgan fingerprint density at radius 2 is 2.11 bits per heavy atom. The van der Waals surface area contributed by atoms with Crippen LogP contribution < -0.4 is 5.06 Å². The van der Waals surface area contributed by atoms with Crippen LogP contribution in [0.15, 0.2) is 36.9 Å². The number of rotatable bonds is 5. The Labute approximate surface area is 113 Å². The van der Waals surface area contributed by atoms with Gasteiger partial charge in [-0.15, -0.1) is 18.2 Å². The van der Waals surface area contributed by atoms with Gasteiger partial charge < -0.3 is 0 Å². The van der Waals surface area contributed by atoms with E-state index >= 15 is 0 Å². The maximum absolute atomic E-state index is 12.2. The van der Waals surface area contributed by atoms with Gasteiger partial charge in [-0.25, -0.2) is 0 Å². The van der Waals surface area contributed by atoms with Crippen LogP contribution in [0.2, 0.25) is 0 Å². The van der Waals surface area contributed by atoms with E-state index in [1.54, 1.807) is 19.9 Å². The molecule has 0 heterocycles. The quantitative estimate of drug-likeness (QED) is 0.465. The summed E-state index contributed by atoms with van der Waals surface area (Å²) in [6, 6.07) is 7.51. The summed E-state index contributed by atoms with van der Waals surface area (Å²) in [5.74, 6) is -0.303. The maximum Gasteiger partial charge on any atom is 0.271 e. The van der Waals surface area contributed by atoms with E-state index in [2.05, 4.69) is 6.58 Å². The average molecular weight is 268 g/mol. The van der Waals surface area contributed by atoms with Gasteiger partial charge in [-0.2, -0.15) is 5.06 Å². The van der Waals surface area contributed by atoms with Crippen molar-refractivity contribution in [2.45, 2.75) is 25.1 Å². The van der Waals surface area contributed by atoms with Crippen LogP contribution >= 0.6 is 11.6 Å². The molecule has 1 aromatic carbocycles. The predicted octanol–water partition coefficient (Wildman–Crippen LogP) is 3.33. The number of nitrogens with zero attached hydrogens (tertiary/aromatic N) is 1. The van der Waals surface area contributed by atoms with E-state index in [1.165, 1.54) is 12.2 Å². The van der Waals surface area contributed by atoms with E-state index in [0.29, 0.717) is 12.1 Å². The summed E-state index contributed by atoms with van der Waals surface area (Å²) >= 11 is 6.05. The number of hydroxylamine groups is 1. The molecule has 0 radical (unpaired) electrons. The molecule has 0 unspecified atom stereocenters. The first kappa shape index (κ1) is 14.7. The van der Waals surface area contributed by atoms with Crippen molar-refractivity contribution in [3.05, 3.63) is 42.5 Å². The summed E-state index contributed by atoms with van der Waals surface area (Å²) in [6.45, 7) is 6.98. The highest BCUT2D eigenvalue weighted by Crippen LogP contribution is 2.26. The molecule has 0 aromatic heterocycles. The fourth-order valence-electron chi connectivity index (χ4n) is 1.57. The fraction of sp³-hybridized carbons (Fsp3) is 0.357. The Morgan fingerprint density at radius 3 is 2.61 bits per heavy atom. The summed E-state index contributed by atoms with van der Waals surface area (Å²) in [7, 11) is 1.45. The molecule has 0 saturated carbocycles. The van der Waals surface area contributed by atoms with Crippen molar-refractivity contribution in [3.8, 4) is 0 Å². The molecule has 0 fully saturated rings. The van der Waals surface area contributed by atoms with Gasteiger partial charge in [0.1, 0.15) is 4.87 Å². The first-order valence-electron chi connectivity index (χ1n) is 5.68. The van der Waals surface area contributed by atoms with Crippen LogP contribution in [0.3, 0.4) is 0 Å². The Hall–Kier alpha value is -1.32. The lowest BCUT2D eigenvalue weighted by Gasteiger charge is -2.27. The largest absolute Gasteiger partial charge is 0.271 e. The van der Waals surface area contributed by atoms with Crippen molar-refractivity contribution >= 4 is 23.2 Å². The third kappa shape index (κ3) is 3.34. The number of alkyl halides is 1. The molecular formula is C14H18ClNO2. The Balaban J connectivity index is 3.17. The van der Waals surface area contributed by atoms with Gasteiger partial charge in [-0.1, -0.05) is 24.3 Å². The normalized spacial score (nSPS) is 11.1. The summed E-state index contributed by atoms with van der Waals surface area (Å²) in [5.41, 5.74) is 1.65. The third-order valence-electron chi connectivity index (χ3n) is 2.45. The van der Waals surface area contributed by atoms with Crippen LogP contribution in [-0.4, -0.2) is 17.9 Å².